The molecule has 5 nitrogen and oxygen atoms in total. The van der Waals surface area contributed by atoms with Crippen LogP contribution in [0.3, 0.4) is 0 Å². The van der Waals surface area contributed by atoms with Crippen molar-refractivity contribution in [3.05, 3.63) is 28.5 Å². The molecule has 74 valence electrons. The van der Waals surface area contributed by atoms with Gasteiger partial charge in [0.05, 0.1) is 29.6 Å². The fourth-order valence-corrected chi connectivity index (χ4v) is 1.63. The summed E-state index contributed by atoms with van der Waals surface area (Å²) in [4.78, 5) is 4.16. The van der Waals surface area contributed by atoms with Gasteiger partial charge in [-0.15, -0.1) is 16.4 Å². The van der Waals surface area contributed by atoms with Gasteiger partial charge in [0.2, 0.25) is 0 Å². The van der Waals surface area contributed by atoms with Crippen LogP contribution in [0.5, 0.6) is 0 Å². The van der Waals surface area contributed by atoms with E-state index in [1.807, 2.05) is 18.5 Å². The highest BCUT2D eigenvalue weighted by molar-refractivity contribution is 7.07. The van der Waals surface area contributed by atoms with Gasteiger partial charge < -0.3 is 5.73 Å². The molecule has 2 rings (SSSR count). The highest BCUT2D eigenvalue weighted by Crippen LogP contribution is 2.06. The predicted octanol–water partition coefficient (Wildman–Crippen LogP) is 0.803. The van der Waals surface area contributed by atoms with Crippen molar-refractivity contribution in [2.75, 3.05) is 0 Å². The molecule has 0 saturated heterocycles. The first-order chi connectivity index (χ1) is 6.75. The van der Waals surface area contributed by atoms with E-state index < -0.39 is 0 Å². The van der Waals surface area contributed by atoms with Crippen LogP contribution in [-0.4, -0.2) is 20.0 Å². The third-order valence-corrected chi connectivity index (χ3v) is 2.47. The first-order valence-corrected chi connectivity index (χ1v) is 5.22. The zero-order valence-electron chi connectivity index (χ0n) is 7.79. The summed E-state index contributed by atoms with van der Waals surface area (Å²) in [6.07, 6.45) is 1.85. The SMILES string of the molecule is CC(N)c1cn(Cc2cscn2)nn1. The second-order valence-corrected chi connectivity index (χ2v) is 3.83. The van der Waals surface area contributed by atoms with Crippen LogP contribution < -0.4 is 5.73 Å². The van der Waals surface area contributed by atoms with Crippen molar-refractivity contribution in [3.63, 3.8) is 0 Å². The Morgan fingerprint density at radius 1 is 1.64 bits per heavy atom. The largest absolute Gasteiger partial charge is 0.323 e. The summed E-state index contributed by atoms with van der Waals surface area (Å²) in [5.74, 6) is 0. The number of thiazole rings is 1. The minimum Gasteiger partial charge on any atom is -0.323 e. The van der Waals surface area contributed by atoms with E-state index in [1.54, 1.807) is 21.5 Å². The fraction of sp³-hybridized carbons (Fsp3) is 0.375. The van der Waals surface area contributed by atoms with Crippen molar-refractivity contribution in [2.45, 2.75) is 19.5 Å². The molecule has 2 N–H and O–H groups in total. The van der Waals surface area contributed by atoms with Gasteiger partial charge >= 0.3 is 0 Å². The first-order valence-electron chi connectivity index (χ1n) is 4.28. The molecule has 0 aliphatic heterocycles. The van der Waals surface area contributed by atoms with Gasteiger partial charge in [-0.3, -0.25) is 0 Å². The molecule has 0 spiro atoms. The molecule has 0 radical (unpaired) electrons. The Kier molecular flexibility index (Phi) is 2.55. The Morgan fingerprint density at radius 3 is 3.07 bits per heavy atom. The number of hydrogen-bond acceptors (Lipinski definition) is 5. The first kappa shape index (κ1) is 9.29. The van der Waals surface area contributed by atoms with Gasteiger partial charge in [-0.05, 0) is 6.92 Å². The summed E-state index contributed by atoms with van der Waals surface area (Å²) in [5, 5.41) is 9.92. The lowest BCUT2D eigenvalue weighted by molar-refractivity contribution is 0.640. The van der Waals surface area contributed by atoms with Gasteiger partial charge in [-0.1, -0.05) is 5.21 Å². The molecule has 2 heterocycles. The number of nitrogens with two attached hydrogens (primary N) is 1. The normalized spacial score (nSPS) is 13.0. The third kappa shape index (κ3) is 1.97. The van der Waals surface area contributed by atoms with E-state index in [-0.39, 0.29) is 6.04 Å². The number of nitrogens with zero attached hydrogens (tertiary/aromatic N) is 4. The molecular formula is C8H11N5S. The lowest BCUT2D eigenvalue weighted by atomic mass is 10.3. The minimum atomic E-state index is -0.0702. The summed E-state index contributed by atoms with van der Waals surface area (Å²) in [6, 6.07) is -0.0702. The molecule has 0 aliphatic rings. The highest BCUT2D eigenvalue weighted by atomic mass is 32.1. The zero-order valence-corrected chi connectivity index (χ0v) is 8.61. The Labute approximate surface area is 85.6 Å². The summed E-state index contributed by atoms with van der Waals surface area (Å²) in [5.41, 5.74) is 9.28. The molecule has 0 aliphatic carbocycles. The predicted molar refractivity (Wildman–Crippen MR) is 53.8 cm³/mol. The molecule has 14 heavy (non-hydrogen) atoms. The highest BCUT2D eigenvalue weighted by Gasteiger charge is 2.05. The van der Waals surface area contributed by atoms with Gasteiger partial charge in [0.15, 0.2) is 0 Å². The van der Waals surface area contributed by atoms with Crippen LogP contribution in [0.25, 0.3) is 0 Å². The molecule has 0 bridgehead atoms. The van der Waals surface area contributed by atoms with Gasteiger partial charge in [-0.2, -0.15) is 0 Å². The second kappa shape index (κ2) is 3.85. The Bertz CT molecular complexity index is 392. The van der Waals surface area contributed by atoms with E-state index in [2.05, 4.69) is 15.3 Å². The maximum absolute atomic E-state index is 5.67. The molecule has 0 amide bonds. The number of rotatable bonds is 3. The van der Waals surface area contributed by atoms with Crippen LogP contribution in [0, 0.1) is 0 Å². The molecule has 2 aromatic heterocycles. The van der Waals surface area contributed by atoms with Gasteiger partial charge in [-0.25, -0.2) is 9.67 Å². The maximum Gasteiger partial charge on any atom is 0.0991 e. The van der Waals surface area contributed by atoms with Crippen molar-refractivity contribution in [3.8, 4) is 0 Å². The van der Waals surface area contributed by atoms with Crippen LogP contribution in [-0.2, 0) is 6.54 Å². The second-order valence-electron chi connectivity index (χ2n) is 3.11. The monoisotopic (exact) mass is 209 g/mol. The smallest absolute Gasteiger partial charge is 0.0991 e. The van der Waals surface area contributed by atoms with Crippen LogP contribution >= 0.6 is 11.3 Å². The van der Waals surface area contributed by atoms with Crippen molar-refractivity contribution < 1.29 is 0 Å². The van der Waals surface area contributed by atoms with Crippen molar-refractivity contribution in [1.82, 2.24) is 20.0 Å². The van der Waals surface area contributed by atoms with Gasteiger partial charge in [0, 0.05) is 11.4 Å². The lowest BCUT2D eigenvalue weighted by Crippen LogP contribution is -2.05. The summed E-state index contributed by atoms with van der Waals surface area (Å²) in [6.45, 7) is 2.54. The summed E-state index contributed by atoms with van der Waals surface area (Å²) >= 11 is 1.57. The summed E-state index contributed by atoms with van der Waals surface area (Å²) in [7, 11) is 0. The molecular weight excluding hydrogens is 198 g/mol. The topological polar surface area (TPSA) is 69.6 Å². The van der Waals surface area contributed by atoms with Crippen LogP contribution in [0.2, 0.25) is 0 Å². The zero-order chi connectivity index (χ0) is 9.97. The third-order valence-electron chi connectivity index (χ3n) is 1.83. The average Bonchev–Trinajstić information content (AvgIpc) is 2.75. The van der Waals surface area contributed by atoms with Gasteiger partial charge in [0.25, 0.3) is 0 Å². The van der Waals surface area contributed by atoms with E-state index >= 15 is 0 Å². The molecule has 0 fully saturated rings. The van der Waals surface area contributed by atoms with E-state index in [9.17, 15) is 0 Å². The Balaban J connectivity index is 2.11. The maximum atomic E-state index is 5.67. The lowest BCUT2D eigenvalue weighted by Gasteiger charge is -1.96. The van der Waals surface area contributed by atoms with Crippen molar-refractivity contribution in [1.29, 1.82) is 0 Å². The van der Waals surface area contributed by atoms with Crippen LogP contribution in [0.1, 0.15) is 24.4 Å². The van der Waals surface area contributed by atoms with Crippen LogP contribution in [0.15, 0.2) is 17.1 Å². The quantitative estimate of drug-likeness (QED) is 0.811. The van der Waals surface area contributed by atoms with Crippen molar-refractivity contribution >= 4 is 11.3 Å². The molecule has 1 atom stereocenters. The molecule has 0 saturated carbocycles. The average molecular weight is 209 g/mol. The van der Waals surface area contributed by atoms with E-state index in [0.717, 1.165) is 11.4 Å². The van der Waals surface area contributed by atoms with E-state index in [1.165, 1.54) is 0 Å². The van der Waals surface area contributed by atoms with Crippen LogP contribution in [0.4, 0.5) is 0 Å². The van der Waals surface area contributed by atoms with Gasteiger partial charge in [0.1, 0.15) is 0 Å². The number of aromatic nitrogens is 4. The van der Waals surface area contributed by atoms with E-state index in [0.29, 0.717) is 6.54 Å². The molecule has 6 heteroatoms. The number of hydrogen-bond donors (Lipinski definition) is 1. The Morgan fingerprint density at radius 2 is 2.50 bits per heavy atom. The minimum absolute atomic E-state index is 0.0702. The molecule has 0 aromatic carbocycles. The Hall–Kier alpha value is -1.27. The van der Waals surface area contributed by atoms with E-state index in [4.69, 9.17) is 5.73 Å². The molecule has 1 unspecified atom stereocenters. The fourth-order valence-electron chi connectivity index (χ4n) is 1.08. The molecule has 2 aromatic rings. The van der Waals surface area contributed by atoms with Crippen molar-refractivity contribution in [2.24, 2.45) is 5.73 Å². The standard InChI is InChI=1S/C8H11N5S/c1-6(9)8-3-13(12-11-8)2-7-4-14-5-10-7/h3-6H,2,9H2,1H3. The summed E-state index contributed by atoms with van der Waals surface area (Å²) < 4.78 is 1.74.